The van der Waals surface area contributed by atoms with E-state index in [9.17, 15) is 0 Å². The molecule has 0 fully saturated rings. The molecule has 0 saturated heterocycles. The Balaban J connectivity index is 1.15. The molecule has 2 nitrogen and oxygen atoms in total. The third-order valence-electron chi connectivity index (χ3n) is 10.3. The van der Waals surface area contributed by atoms with Gasteiger partial charge in [0.25, 0.3) is 0 Å². The van der Waals surface area contributed by atoms with Gasteiger partial charge in [0.15, 0.2) is 5.71 Å². The van der Waals surface area contributed by atoms with Crippen molar-refractivity contribution < 1.29 is 4.58 Å². The average Bonchev–Trinajstić information content (AvgIpc) is 3.50. The molecule has 0 spiro atoms. The van der Waals surface area contributed by atoms with Gasteiger partial charge in [0.1, 0.15) is 7.05 Å². The van der Waals surface area contributed by atoms with Crippen LogP contribution in [0.25, 0.3) is 21.5 Å². The molecule has 0 aromatic heterocycles. The van der Waals surface area contributed by atoms with Crippen molar-refractivity contribution in [1.82, 2.24) is 0 Å². The van der Waals surface area contributed by atoms with E-state index >= 15 is 0 Å². The van der Waals surface area contributed by atoms with Crippen molar-refractivity contribution in [3.63, 3.8) is 0 Å². The molecule has 3 aliphatic rings. The first-order valence-electron chi connectivity index (χ1n) is 15.3. The molecule has 2 heterocycles. The highest BCUT2D eigenvalue weighted by molar-refractivity contribution is 6.32. The van der Waals surface area contributed by atoms with Crippen molar-refractivity contribution in [2.45, 2.75) is 64.2 Å². The maximum Gasteiger partial charge on any atom is 0.209 e. The van der Waals surface area contributed by atoms with Crippen LogP contribution in [-0.2, 0) is 10.8 Å². The Morgan fingerprint density at radius 2 is 1.40 bits per heavy atom. The second kappa shape index (κ2) is 9.71. The molecule has 2 aliphatic heterocycles. The van der Waals surface area contributed by atoms with Crippen LogP contribution < -0.4 is 4.90 Å². The van der Waals surface area contributed by atoms with Crippen molar-refractivity contribution in [2.24, 2.45) is 0 Å². The third-order valence-corrected chi connectivity index (χ3v) is 10.8. The number of hydrogen-bond acceptors (Lipinski definition) is 1. The van der Waals surface area contributed by atoms with Gasteiger partial charge < -0.3 is 4.90 Å². The topological polar surface area (TPSA) is 6.25 Å². The Hall–Kier alpha value is -3.62. The number of nitrogens with zero attached hydrogens (tertiary/aromatic N) is 2. The largest absolute Gasteiger partial charge is 0.347 e. The summed E-state index contributed by atoms with van der Waals surface area (Å²) in [6, 6.07) is 26.6. The molecule has 42 heavy (non-hydrogen) atoms. The monoisotopic (exact) mass is 571 g/mol. The van der Waals surface area contributed by atoms with Gasteiger partial charge in [0.05, 0.1) is 5.41 Å². The maximum absolute atomic E-state index is 7.11. The van der Waals surface area contributed by atoms with Gasteiger partial charge in [-0.2, -0.15) is 0 Å². The second-order valence-electron chi connectivity index (χ2n) is 13.3. The molecule has 3 heteroatoms. The lowest BCUT2D eigenvalue weighted by Gasteiger charge is -2.25. The van der Waals surface area contributed by atoms with Crippen LogP contribution in [0, 0.1) is 0 Å². The molecule has 0 amide bonds. The van der Waals surface area contributed by atoms with Crippen LogP contribution in [0.2, 0.25) is 0 Å². The van der Waals surface area contributed by atoms with Gasteiger partial charge >= 0.3 is 0 Å². The van der Waals surface area contributed by atoms with Gasteiger partial charge in [0, 0.05) is 46.9 Å². The van der Waals surface area contributed by atoms with Crippen molar-refractivity contribution in [1.29, 1.82) is 0 Å². The molecule has 4 aromatic rings. The summed E-state index contributed by atoms with van der Waals surface area (Å²) in [7, 11) is 4.43. The van der Waals surface area contributed by atoms with E-state index in [1.807, 2.05) is 0 Å². The van der Waals surface area contributed by atoms with E-state index in [2.05, 4.69) is 136 Å². The Kier molecular flexibility index (Phi) is 6.29. The first kappa shape index (κ1) is 27.2. The molecule has 4 aromatic carbocycles. The average molecular weight is 572 g/mol. The van der Waals surface area contributed by atoms with Gasteiger partial charge in [-0.1, -0.05) is 92.2 Å². The lowest BCUT2D eigenvalue weighted by molar-refractivity contribution is -0.403. The van der Waals surface area contributed by atoms with Gasteiger partial charge in [0.2, 0.25) is 5.69 Å². The SMILES string of the molecule is CN1C(=CCC2=C(Cl)C(=CCC3=[N+](C)c4ccc5ccccc5c4C3(C)C)CC2)C(C)(C)c2c1ccc1ccccc21. The van der Waals surface area contributed by atoms with Crippen LogP contribution in [0.15, 0.2) is 107 Å². The molecule has 0 atom stereocenters. The minimum Gasteiger partial charge on any atom is -0.347 e. The molecule has 0 saturated carbocycles. The molecule has 0 N–H and O–H groups in total. The van der Waals surface area contributed by atoms with Crippen molar-refractivity contribution >= 4 is 50.2 Å². The second-order valence-corrected chi connectivity index (χ2v) is 13.7. The zero-order valence-electron chi connectivity index (χ0n) is 25.7. The van der Waals surface area contributed by atoms with Gasteiger partial charge in [-0.3, -0.25) is 0 Å². The number of benzene rings is 4. The third kappa shape index (κ3) is 3.95. The van der Waals surface area contributed by atoms with E-state index < -0.39 is 0 Å². The lowest BCUT2D eigenvalue weighted by atomic mass is 9.78. The molecule has 1 aliphatic carbocycles. The fraction of sp³-hybridized carbons (Fsp3) is 0.308. The molecule has 0 unspecified atom stereocenters. The number of hydrogen-bond donors (Lipinski definition) is 0. The number of rotatable bonds is 4. The quantitative estimate of drug-likeness (QED) is 0.221. The summed E-state index contributed by atoms with van der Waals surface area (Å²) in [6.45, 7) is 9.48. The molecule has 0 bridgehead atoms. The van der Waals surface area contributed by atoms with Gasteiger partial charge in [-0.15, -0.1) is 0 Å². The van der Waals surface area contributed by atoms with E-state index in [0.29, 0.717) is 0 Å². The van der Waals surface area contributed by atoms with Crippen molar-refractivity contribution in [3.05, 3.63) is 118 Å². The highest BCUT2D eigenvalue weighted by Gasteiger charge is 2.45. The van der Waals surface area contributed by atoms with Crippen LogP contribution >= 0.6 is 11.6 Å². The number of anilines is 1. The van der Waals surface area contributed by atoms with E-state index in [4.69, 9.17) is 11.6 Å². The molecular weight excluding hydrogens is 532 g/mol. The molecule has 0 radical (unpaired) electrons. The first-order valence-corrected chi connectivity index (χ1v) is 15.6. The fourth-order valence-electron chi connectivity index (χ4n) is 8.12. The number of halogens is 1. The zero-order chi connectivity index (χ0) is 29.4. The standard InChI is InChI=1S/C39H40ClN2/c1-38(2)33(41(5)31-21-17-25-11-7-9-13-29(25)35(31)38)23-19-27-15-16-28(37(27)40)20-24-34-39(3,4)36-30-14-10-8-12-26(30)18-22-32(36)42(34)6/h7-14,17-19,21-22,24H,15-16,20,23H2,1-6H3/q+1. The van der Waals surface area contributed by atoms with Crippen LogP contribution in [0.3, 0.4) is 0 Å². The molecule has 7 rings (SSSR count). The highest BCUT2D eigenvalue weighted by atomic mass is 35.5. The normalized spacial score (nSPS) is 21.0. The number of likely N-dealkylation sites (N-methyl/N-ethyl adjacent to an activating group) is 1. The molecule has 212 valence electrons. The van der Waals surface area contributed by atoms with E-state index in [-0.39, 0.29) is 10.8 Å². The van der Waals surface area contributed by atoms with Crippen molar-refractivity contribution in [3.8, 4) is 0 Å². The summed E-state index contributed by atoms with van der Waals surface area (Å²) in [4.78, 5) is 2.39. The summed E-state index contributed by atoms with van der Waals surface area (Å²) in [6.07, 6.45) is 8.69. The highest BCUT2D eigenvalue weighted by Crippen LogP contribution is 2.51. The summed E-state index contributed by atoms with van der Waals surface area (Å²) in [5, 5.41) is 6.31. The Bertz CT molecular complexity index is 1910. The minimum absolute atomic E-state index is 0.0398. The van der Waals surface area contributed by atoms with E-state index in [1.165, 1.54) is 66.6 Å². The minimum atomic E-state index is -0.0658. The van der Waals surface area contributed by atoms with E-state index in [0.717, 1.165) is 30.7 Å². The van der Waals surface area contributed by atoms with E-state index in [1.54, 1.807) is 0 Å². The lowest BCUT2D eigenvalue weighted by Crippen LogP contribution is -2.28. The Morgan fingerprint density at radius 3 is 2.12 bits per heavy atom. The maximum atomic E-state index is 7.11. The summed E-state index contributed by atoms with van der Waals surface area (Å²) in [5.41, 5.74) is 10.8. The summed E-state index contributed by atoms with van der Waals surface area (Å²) in [5.74, 6) is 0. The summed E-state index contributed by atoms with van der Waals surface area (Å²) < 4.78 is 2.41. The zero-order valence-corrected chi connectivity index (χ0v) is 26.4. The van der Waals surface area contributed by atoms with Gasteiger partial charge in [-0.25, -0.2) is 4.58 Å². The van der Waals surface area contributed by atoms with Crippen LogP contribution in [0.1, 0.15) is 64.5 Å². The predicted octanol–water partition coefficient (Wildman–Crippen LogP) is 10.3. The number of fused-ring (bicyclic) bond motifs is 6. The molecular formula is C39H40ClN2+. The van der Waals surface area contributed by atoms with Crippen molar-refractivity contribution in [2.75, 3.05) is 19.0 Å². The Morgan fingerprint density at radius 1 is 0.762 bits per heavy atom. The Labute approximate surface area is 255 Å². The van der Waals surface area contributed by atoms with Crippen LogP contribution in [0.4, 0.5) is 11.4 Å². The predicted molar refractivity (Wildman–Crippen MR) is 181 cm³/mol. The van der Waals surface area contributed by atoms with Crippen LogP contribution in [-0.4, -0.2) is 24.4 Å². The fourth-order valence-corrected chi connectivity index (χ4v) is 8.46. The first-order chi connectivity index (χ1) is 20.1. The van der Waals surface area contributed by atoms with Crippen LogP contribution in [0.5, 0.6) is 0 Å². The summed E-state index contributed by atoms with van der Waals surface area (Å²) >= 11 is 7.11. The van der Waals surface area contributed by atoms with Gasteiger partial charge in [-0.05, 0) is 83.5 Å². The number of allylic oxidation sites excluding steroid dienone is 6. The smallest absolute Gasteiger partial charge is 0.209 e.